The smallest absolute Gasteiger partial charge is 0.0738 e. The number of nitrogen functional groups attached to an aromatic ring is 1. The van der Waals surface area contributed by atoms with Crippen LogP contribution < -0.4 is 5.73 Å². The number of anilines is 1. The summed E-state index contributed by atoms with van der Waals surface area (Å²) in [5.41, 5.74) is 7.99. The lowest BCUT2D eigenvalue weighted by atomic mass is 10.4. The highest BCUT2D eigenvalue weighted by Gasteiger charge is 2.16. The highest BCUT2D eigenvalue weighted by Crippen LogP contribution is 2.24. The van der Waals surface area contributed by atoms with Crippen LogP contribution in [0.2, 0.25) is 0 Å². The van der Waals surface area contributed by atoms with Crippen LogP contribution in [-0.4, -0.2) is 19.0 Å². The largest absolute Gasteiger partial charge is 0.396 e. The minimum absolute atomic E-state index is 0.367. The average molecular weight is 329 g/mol. The molecule has 1 atom stereocenters. The van der Waals surface area contributed by atoms with E-state index in [0.29, 0.717) is 16.3 Å². The monoisotopic (exact) mass is 328 g/mol. The summed E-state index contributed by atoms with van der Waals surface area (Å²) in [5, 5.41) is 4.27. The molecule has 0 amide bonds. The van der Waals surface area contributed by atoms with Crippen LogP contribution in [0.4, 0.5) is 5.69 Å². The predicted octanol–water partition coefficient (Wildman–Crippen LogP) is 1.78. The highest BCUT2D eigenvalue weighted by molar-refractivity contribution is 9.10. The SMILES string of the molecule is Cc1nn(C)c(CS(=O)c2ccncc2N)c1Br. The number of nitrogens with two attached hydrogens (primary N) is 1. The molecule has 0 saturated heterocycles. The Balaban J connectivity index is 2.30. The molecule has 5 nitrogen and oxygen atoms in total. The fourth-order valence-corrected chi connectivity index (χ4v) is 3.57. The normalized spacial score (nSPS) is 12.6. The lowest BCUT2D eigenvalue weighted by Crippen LogP contribution is -2.05. The van der Waals surface area contributed by atoms with Gasteiger partial charge >= 0.3 is 0 Å². The molecule has 0 aliphatic carbocycles. The Morgan fingerprint density at radius 3 is 2.83 bits per heavy atom. The maximum absolute atomic E-state index is 12.3. The van der Waals surface area contributed by atoms with Crippen molar-refractivity contribution in [3.05, 3.63) is 34.3 Å². The first kappa shape index (κ1) is 13.2. The molecule has 0 aliphatic rings. The molecule has 0 spiro atoms. The standard InChI is InChI=1S/C11H13BrN4OS/c1-7-11(12)9(16(2)15-7)6-18(17)10-3-4-14-5-8(10)13/h3-5H,6,13H2,1-2H3. The lowest BCUT2D eigenvalue weighted by Gasteiger charge is -2.06. The van der Waals surface area contributed by atoms with Gasteiger partial charge in [-0.1, -0.05) is 0 Å². The van der Waals surface area contributed by atoms with Crippen LogP contribution in [0, 0.1) is 6.92 Å². The zero-order chi connectivity index (χ0) is 13.3. The summed E-state index contributed by atoms with van der Waals surface area (Å²) < 4.78 is 14.9. The van der Waals surface area contributed by atoms with E-state index in [-0.39, 0.29) is 0 Å². The molecular formula is C11H13BrN4OS. The molecule has 2 heterocycles. The molecule has 0 radical (unpaired) electrons. The van der Waals surface area contributed by atoms with Crippen LogP contribution in [0.25, 0.3) is 0 Å². The van der Waals surface area contributed by atoms with Gasteiger partial charge in [0.15, 0.2) is 0 Å². The third kappa shape index (κ3) is 2.46. The van der Waals surface area contributed by atoms with Crippen molar-refractivity contribution in [1.82, 2.24) is 14.8 Å². The average Bonchev–Trinajstić information content (AvgIpc) is 2.56. The number of hydrogen-bond acceptors (Lipinski definition) is 4. The third-order valence-corrected chi connectivity index (χ3v) is 5.01. The summed E-state index contributed by atoms with van der Waals surface area (Å²) >= 11 is 3.46. The van der Waals surface area contributed by atoms with E-state index < -0.39 is 10.8 Å². The molecule has 7 heteroatoms. The first-order chi connectivity index (χ1) is 8.50. The summed E-state index contributed by atoms with van der Waals surface area (Å²) in [4.78, 5) is 4.49. The molecule has 96 valence electrons. The predicted molar refractivity (Wildman–Crippen MR) is 74.4 cm³/mol. The Morgan fingerprint density at radius 2 is 2.28 bits per heavy atom. The Hall–Kier alpha value is -1.21. The Labute approximate surface area is 116 Å². The number of hydrogen-bond donors (Lipinski definition) is 1. The van der Waals surface area contributed by atoms with Crippen molar-refractivity contribution in [3.63, 3.8) is 0 Å². The summed E-state index contributed by atoms with van der Waals surface area (Å²) in [6, 6.07) is 1.68. The second-order valence-corrected chi connectivity index (χ2v) is 6.09. The van der Waals surface area contributed by atoms with Crippen molar-refractivity contribution >= 4 is 32.4 Å². The maximum Gasteiger partial charge on any atom is 0.0738 e. The van der Waals surface area contributed by atoms with E-state index >= 15 is 0 Å². The Morgan fingerprint density at radius 1 is 1.56 bits per heavy atom. The Bertz CT molecular complexity index is 611. The molecule has 0 aliphatic heterocycles. The summed E-state index contributed by atoms with van der Waals surface area (Å²) in [6.07, 6.45) is 3.10. The summed E-state index contributed by atoms with van der Waals surface area (Å²) in [5.74, 6) is 0.367. The molecule has 0 saturated carbocycles. The first-order valence-corrected chi connectivity index (χ1v) is 7.37. The molecule has 2 aromatic heterocycles. The van der Waals surface area contributed by atoms with Gasteiger partial charge in [0.05, 0.1) is 49.2 Å². The zero-order valence-corrected chi connectivity index (χ0v) is 12.5. The lowest BCUT2D eigenvalue weighted by molar-refractivity contribution is 0.676. The highest BCUT2D eigenvalue weighted by atomic mass is 79.9. The molecule has 18 heavy (non-hydrogen) atoms. The zero-order valence-electron chi connectivity index (χ0n) is 10.1. The number of halogens is 1. The first-order valence-electron chi connectivity index (χ1n) is 5.26. The molecule has 1 unspecified atom stereocenters. The minimum Gasteiger partial charge on any atom is -0.396 e. The molecule has 2 N–H and O–H groups in total. The number of aryl methyl sites for hydroxylation is 2. The number of aromatic nitrogens is 3. The van der Waals surface area contributed by atoms with Crippen molar-refractivity contribution in [2.45, 2.75) is 17.6 Å². The van der Waals surface area contributed by atoms with Gasteiger partial charge in [-0.05, 0) is 28.9 Å². The van der Waals surface area contributed by atoms with E-state index in [1.165, 1.54) is 6.20 Å². The van der Waals surface area contributed by atoms with Crippen LogP contribution in [0.1, 0.15) is 11.4 Å². The summed E-state index contributed by atoms with van der Waals surface area (Å²) in [6.45, 7) is 1.90. The molecule has 2 rings (SSSR count). The molecule has 0 fully saturated rings. The van der Waals surface area contributed by atoms with E-state index in [2.05, 4.69) is 26.0 Å². The number of pyridine rings is 1. The van der Waals surface area contributed by atoms with Crippen LogP contribution >= 0.6 is 15.9 Å². The van der Waals surface area contributed by atoms with Gasteiger partial charge < -0.3 is 5.73 Å². The van der Waals surface area contributed by atoms with Gasteiger partial charge in [-0.15, -0.1) is 0 Å². The fraction of sp³-hybridized carbons (Fsp3) is 0.273. The number of rotatable bonds is 3. The van der Waals surface area contributed by atoms with Gasteiger partial charge in [-0.25, -0.2) is 0 Å². The van der Waals surface area contributed by atoms with E-state index in [0.717, 1.165) is 15.9 Å². The van der Waals surface area contributed by atoms with E-state index in [4.69, 9.17) is 5.73 Å². The number of nitrogens with zero attached hydrogens (tertiary/aromatic N) is 3. The summed E-state index contributed by atoms with van der Waals surface area (Å²) in [7, 11) is 0.625. The minimum atomic E-state index is -1.21. The van der Waals surface area contributed by atoms with E-state index in [1.807, 2.05) is 14.0 Å². The van der Waals surface area contributed by atoms with Crippen molar-refractivity contribution in [2.75, 3.05) is 5.73 Å². The fourth-order valence-electron chi connectivity index (χ4n) is 1.64. The molecule has 2 aromatic rings. The van der Waals surface area contributed by atoms with Crippen molar-refractivity contribution in [1.29, 1.82) is 0 Å². The van der Waals surface area contributed by atoms with Crippen LogP contribution in [-0.2, 0) is 23.6 Å². The third-order valence-electron chi connectivity index (χ3n) is 2.58. The van der Waals surface area contributed by atoms with Gasteiger partial charge in [-0.2, -0.15) is 5.10 Å². The van der Waals surface area contributed by atoms with Gasteiger partial charge in [0.2, 0.25) is 0 Å². The molecule has 0 aromatic carbocycles. The second kappa shape index (κ2) is 5.19. The molecular weight excluding hydrogens is 316 g/mol. The van der Waals surface area contributed by atoms with Gasteiger partial charge in [0.1, 0.15) is 0 Å². The van der Waals surface area contributed by atoms with Crippen LogP contribution in [0.3, 0.4) is 0 Å². The van der Waals surface area contributed by atoms with Crippen molar-refractivity contribution in [2.24, 2.45) is 7.05 Å². The topological polar surface area (TPSA) is 73.8 Å². The Kier molecular flexibility index (Phi) is 3.82. The van der Waals surface area contributed by atoms with E-state index in [9.17, 15) is 4.21 Å². The van der Waals surface area contributed by atoms with Crippen LogP contribution in [0.5, 0.6) is 0 Å². The maximum atomic E-state index is 12.3. The van der Waals surface area contributed by atoms with Gasteiger partial charge in [-0.3, -0.25) is 13.9 Å². The van der Waals surface area contributed by atoms with Gasteiger partial charge in [0.25, 0.3) is 0 Å². The van der Waals surface area contributed by atoms with E-state index in [1.54, 1.807) is 16.9 Å². The van der Waals surface area contributed by atoms with Crippen molar-refractivity contribution < 1.29 is 4.21 Å². The van der Waals surface area contributed by atoms with Crippen molar-refractivity contribution in [3.8, 4) is 0 Å². The van der Waals surface area contributed by atoms with Crippen LogP contribution in [0.15, 0.2) is 27.8 Å². The second-order valence-electron chi connectivity index (χ2n) is 3.87. The molecule has 0 bridgehead atoms. The quantitative estimate of drug-likeness (QED) is 0.931. The van der Waals surface area contributed by atoms with Gasteiger partial charge in [0, 0.05) is 13.2 Å².